The van der Waals surface area contributed by atoms with Crippen LogP contribution in [0, 0.1) is 0 Å². The number of sulfonamides is 1. The Hall–Kier alpha value is -0.170. The second-order valence-corrected chi connectivity index (χ2v) is 8.02. The second kappa shape index (κ2) is 7.02. The Morgan fingerprint density at radius 3 is 2.58 bits per heavy atom. The lowest BCUT2D eigenvalue weighted by atomic mass is 10.4. The van der Waals surface area contributed by atoms with E-state index < -0.39 is 10.0 Å². The van der Waals surface area contributed by atoms with Crippen LogP contribution in [-0.2, 0) is 10.0 Å². The van der Waals surface area contributed by atoms with Crippen molar-refractivity contribution in [3.8, 4) is 0 Å². The number of nitrogens with zero attached hydrogens (tertiary/aromatic N) is 1. The molecule has 0 aromatic heterocycles. The molecule has 2 rings (SSSR count). The minimum absolute atomic E-state index is 0.347. The van der Waals surface area contributed by atoms with Crippen LogP contribution in [0.1, 0.15) is 39.0 Å². The number of nitrogens with one attached hydrogen (secondary N) is 2. The van der Waals surface area contributed by atoms with Gasteiger partial charge in [-0.3, -0.25) is 0 Å². The third-order valence-corrected chi connectivity index (χ3v) is 5.79. The Morgan fingerprint density at radius 2 is 1.95 bits per heavy atom. The summed E-state index contributed by atoms with van der Waals surface area (Å²) in [6, 6.07) is 0.563. The van der Waals surface area contributed by atoms with Gasteiger partial charge in [0.15, 0.2) is 0 Å². The summed E-state index contributed by atoms with van der Waals surface area (Å²) >= 11 is 0. The van der Waals surface area contributed by atoms with Gasteiger partial charge in [-0.1, -0.05) is 0 Å². The zero-order chi connectivity index (χ0) is 13.7. The molecule has 1 unspecified atom stereocenters. The number of hydrogen-bond acceptors (Lipinski definition) is 4. The van der Waals surface area contributed by atoms with Crippen LogP contribution in [0.5, 0.6) is 0 Å². The van der Waals surface area contributed by atoms with Crippen LogP contribution in [0.15, 0.2) is 0 Å². The normalized spacial score (nSPS) is 22.8. The zero-order valence-corrected chi connectivity index (χ0v) is 12.7. The number of likely N-dealkylation sites (tertiary alicyclic amines) is 1. The first-order valence-electron chi connectivity index (χ1n) is 7.52. The van der Waals surface area contributed by atoms with E-state index >= 15 is 0 Å². The first kappa shape index (κ1) is 15.2. The molecule has 1 aliphatic heterocycles. The fourth-order valence-electron chi connectivity index (χ4n) is 2.40. The van der Waals surface area contributed by atoms with Gasteiger partial charge in [0.1, 0.15) is 0 Å². The lowest BCUT2D eigenvalue weighted by Gasteiger charge is -2.16. The summed E-state index contributed by atoms with van der Waals surface area (Å²) in [5, 5.41) is 2.92. The molecule has 1 aliphatic carbocycles. The van der Waals surface area contributed by atoms with E-state index in [1.54, 1.807) is 6.92 Å². The standard InChI is InChI=1S/C13H27N3O2S/c1-12(11-14-13-5-6-13)19(17,18)15-7-4-10-16-8-2-3-9-16/h12-15H,2-11H2,1H3. The van der Waals surface area contributed by atoms with Crippen LogP contribution in [0.3, 0.4) is 0 Å². The van der Waals surface area contributed by atoms with E-state index in [1.807, 2.05) is 0 Å². The third-order valence-electron chi connectivity index (χ3n) is 3.95. The van der Waals surface area contributed by atoms with Crippen molar-refractivity contribution in [2.75, 3.05) is 32.7 Å². The van der Waals surface area contributed by atoms with E-state index in [1.165, 1.54) is 38.8 Å². The van der Waals surface area contributed by atoms with Gasteiger partial charge >= 0.3 is 0 Å². The first-order chi connectivity index (χ1) is 9.08. The Balaban J connectivity index is 1.58. The number of hydrogen-bond donors (Lipinski definition) is 2. The lowest BCUT2D eigenvalue weighted by molar-refractivity contribution is 0.334. The summed E-state index contributed by atoms with van der Waals surface area (Å²) in [6.07, 6.45) is 5.86. The van der Waals surface area contributed by atoms with Crippen LogP contribution >= 0.6 is 0 Å². The van der Waals surface area contributed by atoms with Crippen molar-refractivity contribution in [1.82, 2.24) is 14.9 Å². The molecule has 1 saturated heterocycles. The van der Waals surface area contributed by atoms with Gasteiger partial charge in [-0.05, 0) is 58.7 Å². The number of rotatable bonds is 9. The average Bonchev–Trinajstić information content (AvgIpc) is 3.06. The molecule has 1 atom stereocenters. The lowest BCUT2D eigenvalue weighted by Crippen LogP contribution is -2.40. The van der Waals surface area contributed by atoms with E-state index in [0.29, 0.717) is 19.1 Å². The Bertz CT molecular complexity index is 362. The van der Waals surface area contributed by atoms with Gasteiger partial charge in [-0.15, -0.1) is 0 Å². The molecule has 6 heteroatoms. The van der Waals surface area contributed by atoms with Gasteiger partial charge in [-0.2, -0.15) is 0 Å². The van der Waals surface area contributed by atoms with E-state index in [2.05, 4.69) is 14.9 Å². The summed E-state index contributed by atoms with van der Waals surface area (Å²) in [4.78, 5) is 2.41. The minimum atomic E-state index is -3.15. The van der Waals surface area contributed by atoms with Crippen molar-refractivity contribution in [2.45, 2.75) is 50.3 Å². The van der Waals surface area contributed by atoms with Crippen LogP contribution < -0.4 is 10.0 Å². The molecule has 19 heavy (non-hydrogen) atoms. The van der Waals surface area contributed by atoms with E-state index in [4.69, 9.17) is 0 Å². The van der Waals surface area contributed by atoms with Crippen LogP contribution in [0.2, 0.25) is 0 Å². The summed E-state index contributed by atoms with van der Waals surface area (Å²) in [5.41, 5.74) is 0. The molecule has 2 fully saturated rings. The molecular weight excluding hydrogens is 262 g/mol. The average molecular weight is 289 g/mol. The monoisotopic (exact) mass is 289 g/mol. The maximum absolute atomic E-state index is 12.0. The molecule has 112 valence electrons. The molecule has 1 saturated carbocycles. The van der Waals surface area contributed by atoms with Gasteiger partial charge in [0.2, 0.25) is 10.0 Å². The van der Waals surface area contributed by atoms with Crippen molar-refractivity contribution >= 4 is 10.0 Å². The largest absolute Gasteiger partial charge is 0.313 e. The Labute approximate surface area is 117 Å². The Kier molecular flexibility index (Phi) is 5.62. The smallest absolute Gasteiger partial charge is 0.215 e. The molecule has 2 aliphatic rings. The highest BCUT2D eigenvalue weighted by Crippen LogP contribution is 2.18. The van der Waals surface area contributed by atoms with Crippen molar-refractivity contribution in [3.05, 3.63) is 0 Å². The summed E-state index contributed by atoms with van der Waals surface area (Å²) in [5.74, 6) is 0. The molecule has 0 spiro atoms. The molecule has 0 aromatic rings. The topological polar surface area (TPSA) is 61.4 Å². The van der Waals surface area contributed by atoms with Crippen LogP contribution in [0.4, 0.5) is 0 Å². The second-order valence-electron chi connectivity index (χ2n) is 5.83. The zero-order valence-electron chi connectivity index (χ0n) is 11.9. The predicted octanol–water partition coefficient (Wildman–Crippen LogP) is 0.532. The van der Waals surface area contributed by atoms with Gasteiger partial charge in [-0.25, -0.2) is 13.1 Å². The molecule has 0 aromatic carbocycles. The van der Waals surface area contributed by atoms with Crippen LogP contribution in [0.25, 0.3) is 0 Å². The summed E-state index contributed by atoms with van der Waals surface area (Å²) < 4.78 is 26.7. The quantitative estimate of drug-likeness (QED) is 0.608. The van der Waals surface area contributed by atoms with Crippen molar-refractivity contribution in [3.63, 3.8) is 0 Å². The summed E-state index contributed by atoms with van der Waals surface area (Å²) in [6.45, 7) is 6.26. The van der Waals surface area contributed by atoms with E-state index in [-0.39, 0.29) is 5.25 Å². The minimum Gasteiger partial charge on any atom is -0.313 e. The molecule has 5 nitrogen and oxygen atoms in total. The van der Waals surface area contributed by atoms with E-state index in [0.717, 1.165) is 13.0 Å². The molecule has 0 amide bonds. The highest BCUT2D eigenvalue weighted by atomic mass is 32.2. The van der Waals surface area contributed by atoms with Gasteiger partial charge < -0.3 is 10.2 Å². The summed E-state index contributed by atoms with van der Waals surface area (Å²) in [7, 11) is -3.15. The van der Waals surface area contributed by atoms with Crippen molar-refractivity contribution < 1.29 is 8.42 Å². The SMILES string of the molecule is CC(CNC1CC1)S(=O)(=O)NCCCN1CCCC1. The highest BCUT2D eigenvalue weighted by Gasteiger charge is 2.25. The predicted molar refractivity (Wildman–Crippen MR) is 77.7 cm³/mol. The molecule has 0 bridgehead atoms. The Morgan fingerprint density at radius 1 is 1.26 bits per heavy atom. The van der Waals surface area contributed by atoms with Crippen molar-refractivity contribution in [1.29, 1.82) is 0 Å². The van der Waals surface area contributed by atoms with Gasteiger partial charge in [0, 0.05) is 19.1 Å². The molecule has 2 N–H and O–H groups in total. The van der Waals surface area contributed by atoms with Crippen molar-refractivity contribution in [2.24, 2.45) is 0 Å². The molecule has 1 heterocycles. The maximum Gasteiger partial charge on any atom is 0.215 e. The van der Waals surface area contributed by atoms with Gasteiger partial charge in [0.25, 0.3) is 0 Å². The van der Waals surface area contributed by atoms with Gasteiger partial charge in [0.05, 0.1) is 5.25 Å². The maximum atomic E-state index is 12.0. The fourth-order valence-corrected chi connectivity index (χ4v) is 3.42. The third kappa shape index (κ3) is 5.38. The molecular formula is C13H27N3O2S. The van der Waals surface area contributed by atoms with Crippen LogP contribution in [-0.4, -0.2) is 57.3 Å². The van der Waals surface area contributed by atoms with E-state index in [9.17, 15) is 8.42 Å². The molecule has 0 radical (unpaired) electrons. The highest BCUT2D eigenvalue weighted by molar-refractivity contribution is 7.90. The fraction of sp³-hybridized carbons (Fsp3) is 1.00. The first-order valence-corrected chi connectivity index (χ1v) is 9.07.